The summed E-state index contributed by atoms with van der Waals surface area (Å²) in [6.45, 7) is 12.6. The molecular weight excluding hydrogens is 686 g/mol. The van der Waals surface area contributed by atoms with E-state index in [-0.39, 0.29) is 58.1 Å². The average Bonchev–Trinajstić information content (AvgIpc) is 3.59. The van der Waals surface area contributed by atoms with Crippen molar-refractivity contribution in [3.05, 3.63) is 29.8 Å². The lowest BCUT2D eigenvalue weighted by atomic mass is 9.85. The van der Waals surface area contributed by atoms with Gasteiger partial charge >= 0.3 is 0 Å². The first-order valence-corrected chi connectivity index (χ1v) is 20.8. The van der Waals surface area contributed by atoms with E-state index in [1.807, 2.05) is 12.1 Å². The van der Waals surface area contributed by atoms with Crippen LogP contribution in [0.25, 0.3) is 0 Å². The van der Waals surface area contributed by atoms with Crippen LogP contribution >= 0.6 is 23.4 Å². The molecule has 6 fully saturated rings. The van der Waals surface area contributed by atoms with E-state index in [1.54, 1.807) is 11.8 Å². The van der Waals surface area contributed by atoms with E-state index >= 15 is 0 Å². The minimum absolute atomic E-state index is 0.0219. The Morgan fingerprint density at radius 2 is 1.80 bits per heavy atom. The molecule has 0 aromatic heterocycles. The number of anilines is 1. The van der Waals surface area contributed by atoms with Crippen molar-refractivity contribution >= 4 is 46.8 Å². The Balaban J connectivity index is 0.820. The summed E-state index contributed by atoms with van der Waals surface area (Å²) < 4.78 is 0. The van der Waals surface area contributed by atoms with Gasteiger partial charge in [0, 0.05) is 76.9 Å². The van der Waals surface area contributed by atoms with E-state index in [0.29, 0.717) is 37.4 Å². The second-order valence-corrected chi connectivity index (χ2v) is 17.6. The topological polar surface area (TPSA) is 133 Å². The zero-order valence-corrected chi connectivity index (χ0v) is 31.8. The minimum atomic E-state index is -0.241. The molecular formula is C37H58ClN9O3S. The van der Waals surface area contributed by atoms with Gasteiger partial charge in [0.25, 0.3) is 0 Å². The lowest BCUT2D eigenvalue weighted by Crippen LogP contribution is -2.68. The van der Waals surface area contributed by atoms with E-state index in [0.717, 1.165) is 77.1 Å². The monoisotopic (exact) mass is 743 g/mol. The van der Waals surface area contributed by atoms with Crippen LogP contribution < -0.4 is 36.8 Å². The van der Waals surface area contributed by atoms with Crippen LogP contribution in [-0.2, 0) is 14.4 Å². The summed E-state index contributed by atoms with van der Waals surface area (Å²) >= 11 is 8.27. The van der Waals surface area contributed by atoms with E-state index in [9.17, 15) is 14.4 Å². The molecule has 1 aliphatic carbocycles. The number of carbonyl (C=O) groups excluding carboxylic acids is 3. The Hall–Kier alpha value is -1.97. The fraction of sp³-hybridized carbons (Fsp3) is 0.757. The van der Waals surface area contributed by atoms with Gasteiger partial charge in [0.05, 0.1) is 35.0 Å². The number of nitrogens with zero attached hydrogens (tertiary/aromatic N) is 3. The Kier molecular flexibility index (Phi) is 12.5. The first kappa shape index (κ1) is 37.3. The average molecular weight is 744 g/mol. The lowest BCUT2D eigenvalue weighted by molar-refractivity contribution is -0.134. The number of alkyl halides is 1. The van der Waals surface area contributed by atoms with Crippen LogP contribution in [-0.4, -0.2) is 121 Å². The summed E-state index contributed by atoms with van der Waals surface area (Å²) in [6, 6.07) is 8.43. The zero-order valence-electron chi connectivity index (χ0n) is 30.2. The van der Waals surface area contributed by atoms with Gasteiger partial charge < -0.3 is 15.1 Å². The summed E-state index contributed by atoms with van der Waals surface area (Å²) in [5, 5.41) is 20.4. The summed E-state index contributed by atoms with van der Waals surface area (Å²) in [4.78, 5) is 44.9. The molecule has 282 valence electrons. The van der Waals surface area contributed by atoms with Gasteiger partial charge in [-0.05, 0) is 68.6 Å². The van der Waals surface area contributed by atoms with Crippen molar-refractivity contribution in [1.29, 1.82) is 0 Å². The maximum Gasteiger partial charge on any atom is 0.234 e. The van der Waals surface area contributed by atoms with Gasteiger partial charge in [-0.25, -0.2) is 0 Å². The third-order valence-electron chi connectivity index (χ3n) is 12.1. The number of halogens is 1. The maximum atomic E-state index is 13.1. The molecule has 12 nitrogen and oxygen atoms in total. The van der Waals surface area contributed by atoms with E-state index < -0.39 is 0 Å². The zero-order chi connectivity index (χ0) is 35.5. The lowest BCUT2D eigenvalue weighted by Gasteiger charge is -2.46. The van der Waals surface area contributed by atoms with Gasteiger partial charge in [0.1, 0.15) is 5.50 Å². The first-order valence-electron chi connectivity index (χ1n) is 19.4. The molecule has 14 heteroatoms. The van der Waals surface area contributed by atoms with Crippen LogP contribution in [0.2, 0.25) is 0 Å². The molecule has 1 aromatic rings. The van der Waals surface area contributed by atoms with Crippen molar-refractivity contribution < 1.29 is 14.4 Å². The van der Waals surface area contributed by atoms with Crippen LogP contribution in [0, 0.1) is 11.8 Å². The Morgan fingerprint density at radius 3 is 2.57 bits per heavy atom. The van der Waals surface area contributed by atoms with Gasteiger partial charge in [0.15, 0.2) is 0 Å². The summed E-state index contributed by atoms with van der Waals surface area (Å²) in [5.74, 6) is 0.637. The second kappa shape index (κ2) is 17.0. The number of piperidine rings is 2. The molecule has 3 amide bonds. The standard InChI is InChI=1S/C37H58ClN9O3S/c1-23-5-3-8-29(38)34(23)44-36(50)30-21-39-37(51-30)42-31-20-32(41-24(2)40-31)47-17-15-45(16-18-47)22-25-11-13-46(14-12-25)27-7-4-6-26(19-27)28-9-10-33(48)43-35(28)49/h4,6-7,19,23-25,28-32,34,37,39-42H,3,5,8-18,20-22H2,1-2H3,(H,44,50)(H,43,48,49). The highest BCUT2D eigenvalue weighted by molar-refractivity contribution is 8.01. The SMILES string of the molecule is CC1NC(NC2NCC(C(=O)NC3C(C)CCCC3Cl)S2)CC(N2CCN(CC3CCN(c4cccc(C5CCC(=O)NC5=O)c4)CC3)CC2)N1. The van der Waals surface area contributed by atoms with Crippen molar-refractivity contribution in [3.8, 4) is 0 Å². The molecule has 5 saturated heterocycles. The highest BCUT2D eigenvalue weighted by Crippen LogP contribution is 2.32. The number of amides is 3. The Labute approximate surface area is 312 Å². The van der Waals surface area contributed by atoms with E-state index in [4.69, 9.17) is 11.6 Å². The predicted octanol–water partition coefficient (Wildman–Crippen LogP) is 2.11. The normalized spacial score (nSPS) is 36.2. The van der Waals surface area contributed by atoms with Gasteiger partial charge in [-0.3, -0.25) is 45.9 Å². The fourth-order valence-corrected chi connectivity index (χ4v) is 10.7. The Bertz CT molecular complexity index is 1370. The van der Waals surface area contributed by atoms with Crippen LogP contribution in [0.1, 0.15) is 76.7 Å². The molecule has 0 spiro atoms. The summed E-state index contributed by atoms with van der Waals surface area (Å²) in [6.07, 6.45) is 8.17. The highest BCUT2D eigenvalue weighted by atomic mass is 35.5. The third kappa shape index (κ3) is 9.40. The number of piperazine rings is 1. The van der Waals surface area contributed by atoms with Gasteiger partial charge in [-0.2, -0.15) is 0 Å². The quantitative estimate of drug-likeness (QED) is 0.164. The highest BCUT2D eigenvalue weighted by Gasteiger charge is 2.38. The molecule has 7 rings (SSSR count). The number of benzene rings is 1. The Morgan fingerprint density at radius 1 is 1.00 bits per heavy atom. The fourth-order valence-electron chi connectivity index (χ4n) is 9.07. The van der Waals surface area contributed by atoms with Crippen LogP contribution in [0.15, 0.2) is 24.3 Å². The predicted molar refractivity (Wildman–Crippen MR) is 203 cm³/mol. The number of rotatable bonds is 9. The van der Waals surface area contributed by atoms with Crippen molar-refractivity contribution in [2.24, 2.45) is 11.8 Å². The van der Waals surface area contributed by atoms with Gasteiger partial charge in [-0.1, -0.05) is 25.5 Å². The van der Waals surface area contributed by atoms with Gasteiger partial charge in [-0.15, -0.1) is 23.4 Å². The molecule has 5 heterocycles. The van der Waals surface area contributed by atoms with Crippen LogP contribution in [0.3, 0.4) is 0 Å². The molecule has 1 aromatic carbocycles. The van der Waals surface area contributed by atoms with Crippen molar-refractivity contribution in [2.75, 3.05) is 57.3 Å². The van der Waals surface area contributed by atoms with Crippen LogP contribution in [0.4, 0.5) is 5.69 Å². The molecule has 0 radical (unpaired) electrons. The smallest absolute Gasteiger partial charge is 0.234 e. The van der Waals surface area contributed by atoms with Crippen LogP contribution in [0.5, 0.6) is 0 Å². The minimum Gasteiger partial charge on any atom is -0.372 e. The summed E-state index contributed by atoms with van der Waals surface area (Å²) in [5.41, 5.74) is 2.22. The molecule has 9 unspecified atom stereocenters. The van der Waals surface area contributed by atoms with E-state index in [1.165, 1.54) is 18.5 Å². The molecule has 51 heavy (non-hydrogen) atoms. The summed E-state index contributed by atoms with van der Waals surface area (Å²) in [7, 11) is 0. The molecule has 6 N–H and O–H groups in total. The largest absolute Gasteiger partial charge is 0.372 e. The number of carbonyl (C=O) groups is 3. The molecule has 5 aliphatic heterocycles. The maximum absolute atomic E-state index is 13.1. The number of imide groups is 1. The van der Waals surface area contributed by atoms with E-state index in [2.05, 4.69) is 72.6 Å². The third-order valence-corrected chi connectivity index (χ3v) is 13.9. The number of hydrogen-bond donors (Lipinski definition) is 6. The molecule has 0 bridgehead atoms. The van der Waals surface area contributed by atoms with Crippen molar-refractivity contribution in [3.63, 3.8) is 0 Å². The number of hydrogen-bond acceptors (Lipinski definition) is 11. The van der Waals surface area contributed by atoms with Crippen molar-refractivity contribution in [1.82, 2.24) is 41.7 Å². The molecule has 6 aliphatic rings. The van der Waals surface area contributed by atoms with Gasteiger partial charge in [0.2, 0.25) is 17.7 Å². The van der Waals surface area contributed by atoms with Crippen molar-refractivity contribution in [2.45, 2.75) is 112 Å². The number of nitrogens with one attached hydrogen (secondary N) is 6. The number of thioether (sulfide) groups is 1. The molecule has 9 atom stereocenters. The molecule has 1 saturated carbocycles. The first-order chi connectivity index (χ1) is 24.7. The second-order valence-electron chi connectivity index (χ2n) is 15.8.